The van der Waals surface area contributed by atoms with Crippen LogP contribution in [0.5, 0.6) is 0 Å². The highest BCUT2D eigenvalue weighted by Gasteiger charge is 2.24. The molecule has 26 heavy (non-hydrogen) atoms. The summed E-state index contributed by atoms with van der Waals surface area (Å²) in [6.07, 6.45) is 4.15. The maximum atomic E-state index is 13.3. The molecule has 1 unspecified atom stereocenters. The number of imidazole rings is 1. The molecule has 0 radical (unpaired) electrons. The number of nitrogens with one attached hydrogen (secondary N) is 1. The summed E-state index contributed by atoms with van der Waals surface area (Å²) in [7, 11) is 1.35. The molecule has 3 heterocycles. The zero-order chi connectivity index (χ0) is 18.3. The third-order valence-electron chi connectivity index (χ3n) is 4.95. The SMILES string of the molecule is COC(=O)c1c(-c2ccc(F)cc2)nc2cc3c(cn12)C(C)CCCN3. The van der Waals surface area contributed by atoms with Crippen LogP contribution in [0.25, 0.3) is 16.9 Å². The van der Waals surface area contributed by atoms with E-state index in [9.17, 15) is 9.18 Å². The van der Waals surface area contributed by atoms with Crippen molar-refractivity contribution >= 4 is 17.3 Å². The second-order valence-electron chi connectivity index (χ2n) is 6.65. The Bertz CT molecular complexity index is 979. The average molecular weight is 353 g/mol. The van der Waals surface area contributed by atoms with E-state index in [-0.39, 0.29) is 5.82 Å². The molecule has 0 aliphatic carbocycles. The first-order chi connectivity index (χ1) is 12.6. The number of anilines is 1. The zero-order valence-electron chi connectivity index (χ0n) is 14.8. The van der Waals surface area contributed by atoms with E-state index in [2.05, 4.69) is 17.2 Å². The van der Waals surface area contributed by atoms with Gasteiger partial charge in [0.25, 0.3) is 0 Å². The van der Waals surface area contributed by atoms with Gasteiger partial charge in [-0.1, -0.05) is 6.92 Å². The van der Waals surface area contributed by atoms with Crippen molar-refractivity contribution in [3.63, 3.8) is 0 Å². The third-order valence-corrected chi connectivity index (χ3v) is 4.95. The number of ether oxygens (including phenoxy) is 1. The zero-order valence-corrected chi connectivity index (χ0v) is 14.8. The molecular formula is C20H20FN3O2. The van der Waals surface area contributed by atoms with Crippen LogP contribution in [-0.4, -0.2) is 29.0 Å². The quantitative estimate of drug-likeness (QED) is 0.700. The molecule has 3 aromatic rings. The van der Waals surface area contributed by atoms with Crippen molar-refractivity contribution in [3.05, 3.63) is 53.6 Å². The number of carbonyl (C=O) groups excluding carboxylic acids is 1. The van der Waals surface area contributed by atoms with E-state index in [1.54, 1.807) is 16.5 Å². The first kappa shape index (κ1) is 16.6. The number of methoxy groups -OCH3 is 1. The van der Waals surface area contributed by atoms with Gasteiger partial charge >= 0.3 is 5.97 Å². The van der Waals surface area contributed by atoms with E-state index in [1.165, 1.54) is 19.2 Å². The highest BCUT2D eigenvalue weighted by molar-refractivity contribution is 5.96. The summed E-state index contributed by atoms with van der Waals surface area (Å²) in [5.41, 5.74) is 4.38. The summed E-state index contributed by atoms with van der Waals surface area (Å²) in [4.78, 5) is 17.1. The van der Waals surface area contributed by atoms with Crippen molar-refractivity contribution in [2.24, 2.45) is 0 Å². The highest BCUT2D eigenvalue weighted by Crippen LogP contribution is 2.34. The van der Waals surface area contributed by atoms with E-state index in [0.717, 1.165) is 30.6 Å². The minimum absolute atomic E-state index is 0.332. The van der Waals surface area contributed by atoms with E-state index in [1.807, 2.05) is 12.3 Å². The van der Waals surface area contributed by atoms with Crippen molar-refractivity contribution in [1.82, 2.24) is 9.38 Å². The minimum Gasteiger partial charge on any atom is -0.464 e. The van der Waals surface area contributed by atoms with Gasteiger partial charge < -0.3 is 10.1 Å². The van der Waals surface area contributed by atoms with Crippen molar-refractivity contribution in [1.29, 1.82) is 0 Å². The normalized spacial score (nSPS) is 16.7. The number of carbonyl (C=O) groups is 1. The number of hydrogen-bond donors (Lipinski definition) is 1. The fraction of sp³-hybridized carbons (Fsp3) is 0.300. The molecule has 134 valence electrons. The summed E-state index contributed by atoms with van der Waals surface area (Å²) in [5.74, 6) is -0.417. The Balaban J connectivity index is 1.98. The van der Waals surface area contributed by atoms with Gasteiger partial charge in [0.15, 0.2) is 5.69 Å². The molecule has 0 saturated carbocycles. The molecule has 0 bridgehead atoms. The Labute approximate surface area is 150 Å². The standard InChI is InChI=1S/C20H20FN3O2/c1-12-4-3-9-22-16-10-17-23-18(13-5-7-14(21)8-6-13)19(20(25)26-2)24(17)11-15(12)16/h5-8,10-12,22H,3-4,9H2,1-2H3. The largest absolute Gasteiger partial charge is 0.464 e. The molecule has 1 aliphatic heterocycles. The Hall–Kier alpha value is -2.89. The molecule has 4 rings (SSSR count). The Morgan fingerprint density at radius 1 is 1.35 bits per heavy atom. The number of fused-ring (bicyclic) bond motifs is 2. The van der Waals surface area contributed by atoms with Crippen LogP contribution in [0.3, 0.4) is 0 Å². The highest BCUT2D eigenvalue weighted by atomic mass is 19.1. The molecule has 2 aromatic heterocycles. The van der Waals surface area contributed by atoms with Crippen molar-refractivity contribution in [3.8, 4) is 11.3 Å². The third kappa shape index (κ3) is 2.71. The Morgan fingerprint density at radius 3 is 2.85 bits per heavy atom. The fourth-order valence-electron chi connectivity index (χ4n) is 3.54. The number of benzene rings is 1. The summed E-state index contributed by atoms with van der Waals surface area (Å²) >= 11 is 0. The first-order valence-electron chi connectivity index (χ1n) is 8.72. The number of esters is 1. The molecule has 0 amide bonds. The van der Waals surface area contributed by atoms with E-state index < -0.39 is 5.97 Å². The summed E-state index contributed by atoms with van der Waals surface area (Å²) in [5, 5.41) is 3.45. The maximum absolute atomic E-state index is 13.3. The lowest BCUT2D eigenvalue weighted by molar-refractivity contribution is 0.0594. The smallest absolute Gasteiger partial charge is 0.357 e. The molecule has 0 fully saturated rings. The van der Waals surface area contributed by atoms with E-state index in [4.69, 9.17) is 4.74 Å². The molecule has 1 N–H and O–H groups in total. The van der Waals surface area contributed by atoms with Gasteiger partial charge in [0, 0.05) is 30.1 Å². The molecule has 5 nitrogen and oxygen atoms in total. The summed E-state index contributed by atoms with van der Waals surface area (Å²) in [6, 6.07) is 7.93. The van der Waals surface area contributed by atoms with Crippen molar-refractivity contribution < 1.29 is 13.9 Å². The second kappa shape index (κ2) is 6.44. The van der Waals surface area contributed by atoms with Crippen LogP contribution in [0.4, 0.5) is 10.1 Å². The first-order valence-corrected chi connectivity index (χ1v) is 8.72. The van der Waals surface area contributed by atoms with Crippen LogP contribution in [-0.2, 0) is 4.74 Å². The lowest BCUT2D eigenvalue weighted by Gasteiger charge is -2.13. The Kier molecular flexibility index (Phi) is 4.11. The summed E-state index contributed by atoms with van der Waals surface area (Å²) in [6.45, 7) is 3.11. The van der Waals surface area contributed by atoms with Crippen LogP contribution < -0.4 is 5.32 Å². The van der Waals surface area contributed by atoms with Gasteiger partial charge in [-0.2, -0.15) is 0 Å². The van der Waals surface area contributed by atoms with Gasteiger partial charge in [-0.3, -0.25) is 4.40 Å². The number of aromatic nitrogens is 2. The average Bonchev–Trinajstić information content (AvgIpc) is 2.92. The fourth-order valence-corrected chi connectivity index (χ4v) is 3.54. The van der Waals surface area contributed by atoms with Crippen LogP contribution in [0.1, 0.15) is 41.7 Å². The lowest BCUT2D eigenvalue weighted by atomic mass is 9.98. The molecule has 1 atom stereocenters. The van der Waals surface area contributed by atoms with Gasteiger partial charge in [-0.05, 0) is 48.6 Å². The van der Waals surface area contributed by atoms with Crippen LogP contribution in [0, 0.1) is 5.82 Å². The number of hydrogen-bond acceptors (Lipinski definition) is 4. The number of nitrogens with zero attached hydrogens (tertiary/aromatic N) is 2. The summed E-state index contributed by atoms with van der Waals surface area (Å²) < 4.78 is 20.1. The van der Waals surface area contributed by atoms with Gasteiger partial charge in [0.1, 0.15) is 17.2 Å². The van der Waals surface area contributed by atoms with Crippen molar-refractivity contribution in [2.75, 3.05) is 19.0 Å². The predicted octanol–water partition coefficient (Wildman–Crippen LogP) is 4.24. The molecule has 0 spiro atoms. The molecule has 0 saturated heterocycles. The van der Waals surface area contributed by atoms with Gasteiger partial charge in [-0.25, -0.2) is 14.2 Å². The molecule has 1 aliphatic rings. The van der Waals surface area contributed by atoms with Gasteiger partial charge in [-0.15, -0.1) is 0 Å². The maximum Gasteiger partial charge on any atom is 0.357 e. The second-order valence-corrected chi connectivity index (χ2v) is 6.65. The van der Waals surface area contributed by atoms with Crippen molar-refractivity contribution in [2.45, 2.75) is 25.7 Å². The number of rotatable bonds is 2. The van der Waals surface area contributed by atoms with E-state index >= 15 is 0 Å². The molecule has 6 heteroatoms. The Morgan fingerprint density at radius 2 is 2.12 bits per heavy atom. The van der Waals surface area contributed by atoms with Crippen LogP contribution in [0.2, 0.25) is 0 Å². The predicted molar refractivity (Wildman–Crippen MR) is 98.1 cm³/mol. The minimum atomic E-state index is -0.467. The topological polar surface area (TPSA) is 55.6 Å². The van der Waals surface area contributed by atoms with Crippen LogP contribution in [0.15, 0.2) is 36.5 Å². The van der Waals surface area contributed by atoms with Gasteiger partial charge in [0.2, 0.25) is 0 Å². The molecular weight excluding hydrogens is 333 g/mol. The number of halogens is 1. The number of pyridine rings is 1. The monoisotopic (exact) mass is 353 g/mol. The van der Waals surface area contributed by atoms with E-state index in [0.29, 0.717) is 28.5 Å². The molecule has 1 aromatic carbocycles. The lowest BCUT2D eigenvalue weighted by Crippen LogP contribution is -2.08. The van der Waals surface area contributed by atoms with Crippen LogP contribution >= 0.6 is 0 Å². The van der Waals surface area contributed by atoms with Gasteiger partial charge in [0.05, 0.1) is 7.11 Å².